The number of carboxylic acids is 3. The van der Waals surface area contributed by atoms with Gasteiger partial charge in [0, 0.05) is 11.1 Å². The Morgan fingerprint density at radius 1 is 0.517 bits per heavy atom. The Bertz CT molecular complexity index is 1070. The molecule has 0 amide bonds. The summed E-state index contributed by atoms with van der Waals surface area (Å²) in [4.78, 5) is 32.8. The van der Waals surface area contributed by atoms with Gasteiger partial charge in [-0.05, 0) is 72.3 Å². The molecule has 3 rings (SSSR count). The van der Waals surface area contributed by atoms with E-state index in [-0.39, 0.29) is 11.3 Å². The molecule has 0 aliphatic carbocycles. The highest BCUT2D eigenvalue weighted by Gasteiger charge is 2.08. The molecule has 0 saturated heterocycles. The lowest BCUT2D eigenvalue weighted by Gasteiger charge is -2.14. The lowest BCUT2D eigenvalue weighted by Crippen LogP contribution is -2.30. The molecule has 0 bridgehead atoms. The van der Waals surface area contributed by atoms with Crippen molar-refractivity contribution in [3.8, 4) is 23.0 Å². The number of rotatable bonds is 7. The van der Waals surface area contributed by atoms with Crippen LogP contribution in [0.2, 0.25) is 0 Å². The molecule has 0 aromatic heterocycles. The summed E-state index contributed by atoms with van der Waals surface area (Å²) in [6.45, 7) is 0. The van der Waals surface area contributed by atoms with Gasteiger partial charge in [0.05, 0.1) is 17.9 Å². The van der Waals surface area contributed by atoms with E-state index in [2.05, 4.69) is 0 Å². The topological polar surface area (TPSA) is 139 Å². The molecule has 0 heterocycles. The SMILES string of the molecule is O=C([O-])c1ccc(Oc2ccc(Oc3ccc(C(=O)[O-])c(C(=O)[O-])c3)cc2)cc1. The van der Waals surface area contributed by atoms with Gasteiger partial charge in [-0.3, -0.25) is 0 Å². The molecule has 8 nitrogen and oxygen atoms in total. The van der Waals surface area contributed by atoms with Crippen LogP contribution in [0.4, 0.5) is 0 Å². The minimum absolute atomic E-state index is 0.0294. The van der Waals surface area contributed by atoms with Crippen molar-refractivity contribution in [1.82, 2.24) is 0 Å². The lowest BCUT2D eigenvalue weighted by atomic mass is 10.1. The van der Waals surface area contributed by atoms with E-state index >= 15 is 0 Å². The molecular formula is C21H11O8-3. The minimum Gasteiger partial charge on any atom is -0.545 e. The fraction of sp³-hybridized carbons (Fsp3) is 0. The van der Waals surface area contributed by atoms with Gasteiger partial charge >= 0.3 is 0 Å². The maximum Gasteiger partial charge on any atom is 0.128 e. The Hall–Kier alpha value is -4.33. The highest BCUT2D eigenvalue weighted by Crippen LogP contribution is 2.28. The molecule has 0 saturated carbocycles. The van der Waals surface area contributed by atoms with E-state index in [1.165, 1.54) is 30.3 Å². The normalized spacial score (nSPS) is 10.2. The van der Waals surface area contributed by atoms with Crippen LogP contribution in [0.3, 0.4) is 0 Å². The van der Waals surface area contributed by atoms with Crippen molar-refractivity contribution in [2.75, 3.05) is 0 Å². The second-order valence-electron chi connectivity index (χ2n) is 5.77. The number of ether oxygens (including phenoxy) is 2. The highest BCUT2D eigenvalue weighted by molar-refractivity contribution is 6.00. The Labute approximate surface area is 164 Å². The molecule has 3 aromatic carbocycles. The molecule has 3 aromatic rings. The van der Waals surface area contributed by atoms with Crippen LogP contribution in [-0.2, 0) is 0 Å². The number of aromatic carboxylic acids is 3. The van der Waals surface area contributed by atoms with Crippen molar-refractivity contribution >= 4 is 17.9 Å². The van der Waals surface area contributed by atoms with Crippen LogP contribution in [-0.4, -0.2) is 17.9 Å². The molecule has 0 aliphatic rings. The van der Waals surface area contributed by atoms with E-state index in [9.17, 15) is 29.7 Å². The molecule has 8 heteroatoms. The van der Waals surface area contributed by atoms with Gasteiger partial charge in [-0.15, -0.1) is 0 Å². The number of hydrogen-bond donors (Lipinski definition) is 0. The third kappa shape index (κ3) is 4.69. The van der Waals surface area contributed by atoms with E-state index in [0.717, 1.165) is 12.1 Å². The zero-order chi connectivity index (χ0) is 21.0. The van der Waals surface area contributed by atoms with Gasteiger partial charge in [-0.1, -0.05) is 0 Å². The van der Waals surface area contributed by atoms with Gasteiger partial charge in [0.2, 0.25) is 0 Å². The maximum absolute atomic E-state index is 11.1. The van der Waals surface area contributed by atoms with Gasteiger partial charge in [-0.25, -0.2) is 0 Å². The summed E-state index contributed by atoms with van der Waals surface area (Å²) in [6, 6.07) is 15.3. The van der Waals surface area contributed by atoms with E-state index in [1.54, 1.807) is 24.3 Å². The summed E-state index contributed by atoms with van der Waals surface area (Å²) in [6.07, 6.45) is 0. The van der Waals surface area contributed by atoms with Crippen molar-refractivity contribution in [2.24, 2.45) is 0 Å². The molecule has 0 N–H and O–H groups in total. The average molecular weight is 391 g/mol. The van der Waals surface area contributed by atoms with E-state index in [0.29, 0.717) is 17.2 Å². The molecule has 0 fully saturated rings. The molecule has 146 valence electrons. The molecule has 29 heavy (non-hydrogen) atoms. The second kappa shape index (κ2) is 8.13. The molecule has 0 aliphatic heterocycles. The first-order chi connectivity index (χ1) is 13.8. The van der Waals surface area contributed by atoms with Gasteiger partial charge in [0.15, 0.2) is 0 Å². The quantitative estimate of drug-likeness (QED) is 0.563. The number of carbonyl (C=O) groups excluding carboxylic acids is 3. The Morgan fingerprint density at radius 3 is 1.38 bits per heavy atom. The predicted octanol–water partition coefficient (Wildman–Crippen LogP) is 0.362. The van der Waals surface area contributed by atoms with Crippen LogP contribution < -0.4 is 24.8 Å². The average Bonchev–Trinajstić information content (AvgIpc) is 2.69. The predicted molar refractivity (Wildman–Crippen MR) is 92.5 cm³/mol. The van der Waals surface area contributed by atoms with Gasteiger partial charge in [0.1, 0.15) is 23.0 Å². The van der Waals surface area contributed by atoms with Crippen LogP contribution in [0.1, 0.15) is 31.1 Å². The Kier molecular flexibility index (Phi) is 5.45. The summed E-state index contributed by atoms with van der Waals surface area (Å²) >= 11 is 0. The van der Waals surface area contributed by atoms with Crippen LogP contribution in [0.25, 0.3) is 0 Å². The van der Waals surface area contributed by atoms with Crippen LogP contribution in [0.5, 0.6) is 23.0 Å². The third-order valence-electron chi connectivity index (χ3n) is 3.82. The van der Waals surface area contributed by atoms with Gasteiger partial charge in [-0.2, -0.15) is 0 Å². The first-order valence-electron chi connectivity index (χ1n) is 8.17. The van der Waals surface area contributed by atoms with Gasteiger partial charge in [0.25, 0.3) is 0 Å². The number of benzene rings is 3. The third-order valence-corrected chi connectivity index (χ3v) is 3.82. The first-order valence-corrected chi connectivity index (χ1v) is 8.17. The molecule has 0 radical (unpaired) electrons. The Balaban J connectivity index is 1.72. The lowest BCUT2D eigenvalue weighted by molar-refractivity contribution is -0.259. The van der Waals surface area contributed by atoms with Crippen molar-refractivity contribution in [2.45, 2.75) is 0 Å². The van der Waals surface area contributed by atoms with Crippen molar-refractivity contribution in [1.29, 1.82) is 0 Å². The Morgan fingerprint density at radius 2 is 0.931 bits per heavy atom. The number of carboxylic acid groups (broad SMARTS) is 3. The molecule has 0 atom stereocenters. The van der Waals surface area contributed by atoms with Crippen LogP contribution in [0, 0.1) is 0 Å². The van der Waals surface area contributed by atoms with E-state index < -0.39 is 29.0 Å². The second-order valence-corrected chi connectivity index (χ2v) is 5.77. The highest BCUT2D eigenvalue weighted by atomic mass is 16.5. The fourth-order valence-corrected chi connectivity index (χ4v) is 2.44. The summed E-state index contributed by atoms with van der Waals surface area (Å²) in [7, 11) is 0. The zero-order valence-electron chi connectivity index (χ0n) is 14.6. The van der Waals surface area contributed by atoms with E-state index in [4.69, 9.17) is 9.47 Å². The minimum atomic E-state index is -1.66. The standard InChI is InChI=1S/C21H14O8/c22-19(23)12-1-3-13(4-2-12)28-14-5-7-15(8-6-14)29-16-9-10-17(20(24)25)18(11-16)21(26)27/h1-11H,(H,22,23)(H,24,25)(H,26,27)/p-3. The number of hydrogen-bond acceptors (Lipinski definition) is 8. The number of carbonyl (C=O) groups is 3. The summed E-state index contributed by atoms with van der Waals surface area (Å²) < 4.78 is 11.1. The smallest absolute Gasteiger partial charge is 0.128 e. The molecular weight excluding hydrogens is 380 g/mol. The van der Waals surface area contributed by atoms with Gasteiger partial charge < -0.3 is 39.2 Å². The monoisotopic (exact) mass is 391 g/mol. The maximum atomic E-state index is 11.1. The van der Waals surface area contributed by atoms with Crippen molar-refractivity contribution in [3.63, 3.8) is 0 Å². The fourth-order valence-electron chi connectivity index (χ4n) is 2.44. The largest absolute Gasteiger partial charge is 0.545 e. The zero-order valence-corrected chi connectivity index (χ0v) is 14.6. The summed E-state index contributed by atoms with van der Waals surface area (Å²) in [5.41, 5.74) is -1.03. The first kappa shape index (κ1) is 19.4. The van der Waals surface area contributed by atoms with Crippen LogP contribution in [0.15, 0.2) is 66.7 Å². The van der Waals surface area contributed by atoms with Crippen molar-refractivity contribution < 1.29 is 39.2 Å². The molecule has 0 spiro atoms. The van der Waals surface area contributed by atoms with Crippen LogP contribution >= 0.6 is 0 Å². The summed E-state index contributed by atoms with van der Waals surface area (Å²) in [5.74, 6) is -3.28. The van der Waals surface area contributed by atoms with Crippen molar-refractivity contribution in [3.05, 3.63) is 83.4 Å². The summed E-state index contributed by atoms with van der Waals surface area (Å²) in [5, 5.41) is 32.8. The molecule has 0 unspecified atom stereocenters. The van der Waals surface area contributed by atoms with E-state index in [1.807, 2.05) is 0 Å².